The number of amides is 1. The van der Waals surface area contributed by atoms with E-state index in [0.29, 0.717) is 6.42 Å². The van der Waals surface area contributed by atoms with Gasteiger partial charge < -0.3 is 20.7 Å². The predicted octanol–water partition coefficient (Wildman–Crippen LogP) is 1.29. The molecule has 0 bridgehead atoms. The molecule has 0 saturated carbocycles. The summed E-state index contributed by atoms with van der Waals surface area (Å²) in [6, 6.07) is 3.36. The third kappa shape index (κ3) is 4.15. The van der Waals surface area contributed by atoms with Crippen LogP contribution in [0.3, 0.4) is 0 Å². The highest BCUT2D eigenvalue weighted by molar-refractivity contribution is 5.95. The number of ether oxygens (including phenoxy) is 1. The normalized spacial score (nSPS) is 16.6. The summed E-state index contributed by atoms with van der Waals surface area (Å²) in [4.78, 5) is 18.7. The Kier molecular flexibility index (Phi) is 5.52. The van der Waals surface area contributed by atoms with E-state index in [0.717, 1.165) is 49.9 Å². The maximum atomic E-state index is 12.0. The Morgan fingerprint density at radius 3 is 2.81 bits per heavy atom. The van der Waals surface area contributed by atoms with E-state index in [2.05, 4.69) is 15.2 Å². The Bertz CT molecular complexity index is 487. The number of carbonyl (C=O) groups excluding carboxylic acids is 1. The van der Waals surface area contributed by atoms with Crippen molar-refractivity contribution in [2.24, 2.45) is 5.73 Å². The number of nitrogens with two attached hydrogens (primary N) is 1. The highest BCUT2D eigenvalue weighted by Crippen LogP contribution is 2.19. The van der Waals surface area contributed by atoms with Gasteiger partial charge in [0.15, 0.2) is 0 Å². The Morgan fingerprint density at radius 1 is 1.48 bits per heavy atom. The summed E-state index contributed by atoms with van der Waals surface area (Å²) in [5, 5.41) is 2.86. The topological polar surface area (TPSA) is 80.5 Å². The van der Waals surface area contributed by atoms with E-state index < -0.39 is 6.04 Å². The quantitative estimate of drug-likeness (QED) is 0.855. The second kappa shape index (κ2) is 7.38. The smallest absolute Gasteiger partial charge is 0.241 e. The largest absolute Gasteiger partial charge is 0.378 e. The van der Waals surface area contributed by atoms with Gasteiger partial charge in [0.2, 0.25) is 5.91 Å². The number of anilines is 2. The van der Waals surface area contributed by atoms with E-state index >= 15 is 0 Å². The van der Waals surface area contributed by atoms with Crippen molar-refractivity contribution in [3.63, 3.8) is 0 Å². The van der Waals surface area contributed by atoms with Gasteiger partial charge in [-0.05, 0) is 25.5 Å². The first-order chi connectivity index (χ1) is 10.1. The molecule has 1 aliphatic rings. The average molecular weight is 292 g/mol. The lowest BCUT2D eigenvalue weighted by Crippen LogP contribution is -2.37. The van der Waals surface area contributed by atoms with Crippen molar-refractivity contribution in [1.82, 2.24) is 4.98 Å². The summed E-state index contributed by atoms with van der Waals surface area (Å²) in [5.41, 5.74) is 7.35. The highest BCUT2D eigenvalue weighted by Gasteiger charge is 2.16. The lowest BCUT2D eigenvalue weighted by molar-refractivity contribution is -0.117. The summed E-state index contributed by atoms with van der Waals surface area (Å²) in [5.74, 6) is 0.771. The molecule has 1 aromatic rings. The fraction of sp³-hybridized carbons (Fsp3) is 0.600. The van der Waals surface area contributed by atoms with Crippen molar-refractivity contribution >= 4 is 17.4 Å². The standard InChI is InChI=1S/C15H24N4O2/c1-3-4-12(16)15(20)18-13-5-6-14(17-11(13)2)19-7-9-21-10-8-19/h5-6,12H,3-4,7-10,16H2,1-2H3,(H,18,20). The van der Waals surface area contributed by atoms with Crippen molar-refractivity contribution < 1.29 is 9.53 Å². The minimum Gasteiger partial charge on any atom is -0.378 e. The van der Waals surface area contributed by atoms with E-state index in [9.17, 15) is 4.79 Å². The van der Waals surface area contributed by atoms with Crippen LogP contribution >= 0.6 is 0 Å². The van der Waals surface area contributed by atoms with E-state index in [4.69, 9.17) is 10.5 Å². The van der Waals surface area contributed by atoms with Crippen LogP contribution in [0.4, 0.5) is 11.5 Å². The predicted molar refractivity (Wildman–Crippen MR) is 83.5 cm³/mol. The number of pyridine rings is 1. The molecule has 1 saturated heterocycles. The number of aromatic nitrogens is 1. The Labute approximate surface area is 125 Å². The van der Waals surface area contributed by atoms with Crippen LogP contribution in [0.15, 0.2) is 12.1 Å². The first kappa shape index (κ1) is 15.7. The third-order valence-corrected chi connectivity index (χ3v) is 3.60. The molecule has 1 atom stereocenters. The van der Waals surface area contributed by atoms with Crippen LogP contribution in [-0.2, 0) is 9.53 Å². The Balaban J connectivity index is 2.03. The van der Waals surface area contributed by atoms with Gasteiger partial charge in [0, 0.05) is 13.1 Å². The highest BCUT2D eigenvalue weighted by atomic mass is 16.5. The fourth-order valence-corrected chi connectivity index (χ4v) is 2.32. The molecule has 1 amide bonds. The monoisotopic (exact) mass is 292 g/mol. The number of hydrogen-bond donors (Lipinski definition) is 2. The molecule has 0 aromatic carbocycles. The molecule has 2 heterocycles. The van der Waals surface area contributed by atoms with Crippen molar-refractivity contribution in [2.75, 3.05) is 36.5 Å². The summed E-state index contributed by atoms with van der Waals surface area (Å²) < 4.78 is 5.34. The lowest BCUT2D eigenvalue weighted by Gasteiger charge is -2.28. The molecular formula is C15H24N4O2. The van der Waals surface area contributed by atoms with Crippen molar-refractivity contribution in [2.45, 2.75) is 32.7 Å². The molecule has 6 heteroatoms. The van der Waals surface area contributed by atoms with Gasteiger partial charge >= 0.3 is 0 Å². The van der Waals surface area contributed by atoms with Crippen LogP contribution in [-0.4, -0.2) is 43.2 Å². The van der Waals surface area contributed by atoms with E-state index in [1.807, 2.05) is 26.0 Å². The molecule has 116 valence electrons. The van der Waals surface area contributed by atoms with Crippen LogP contribution in [0, 0.1) is 6.92 Å². The molecule has 1 aliphatic heterocycles. The second-order valence-corrected chi connectivity index (χ2v) is 5.29. The van der Waals surface area contributed by atoms with Gasteiger partial charge in [0.25, 0.3) is 0 Å². The van der Waals surface area contributed by atoms with Gasteiger partial charge in [-0.2, -0.15) is 0 Å². The van der Waals surface area contributed by atoms with E-state index in [1.54, 1.807) is 0 Å². The molecular weight excluding hydrogens is 268 g/mol. The van der Waals surface area contributed by atoms with E-state index in [1.165, 1.54) is 0 Å². The number of morpholine rings is 1. The van der Waals surface area contributed by atoms with Gasteiger partial charge in [-0.15, -0.1) is 0 Å². The van der Waals surface area contributed by atoms with Crippen LogP contribution in [0.25, 0.3) is 0 Å². The second-order valence-electron chi connectivity index (χ2n) is 5.29. The van der Waals surface area contributed by atoms with Gasteiger partial charge in [0.1, 0.15) is 5.82 Å². The zero-order chi connectivity index (χ0) is 15.2. The van der Waals surface area contributed by atoms with Gasteiger partial charge in [-0.3, -0.25) is 4.79 Å². The van der Waals surface area contributed by atoms with Crippen LogP contribution < -0.4 is 16.0 Å². The molecule has 1 unspecified atom stereocenters. The van der Waals surface area contributed by atoms with Crippen LogP contribution in [0.5, 0.6) is 0 Å². The number of hydrogen-bond acceptors (Lipinski definition) is 5. The van der Waals surface area contributed by atoms with Gasteiger partial charge in [0.05, 0.1) is 30.6 Å². The molecule has 21 heavy (non-hydrogen) atoms. The molecule has 6 nitrogen and oxygen atoms in total. The van der Waals surface area contributed by atoms with Crippen LogP contribution in [0.1, 0.15) is 25.5 Å². The number of rotatable bonds is 5. The molecule has 1 fully saturated rings. The summed E-state index contributed by atoms with van der Waals surface area (Å²) in [7, 11) is 0. The fourth-order valence-electron chi connectivity index (χ4n) is 2.32. The number of carbonyl (C=O) groups is 1. The summed E-state index contributed by atoms with van der Waals surface area (Å²) in [6.07, 6.45) is 1.58. The Morgan fingerprint density at radius 2 is 2.19 bits per heavy atom. The lowest BCUT2D eigenvalue weighted by atomic mass is 10.1. The maximum absolute atomic E-state index is 12.0. The van der Waals surface area contributed by atoms with Crippen molar-refractivity contribution in [3.8, 4) is 0 Å². The zero-order valence-corrected chi connectivity index (χ0v) is 12.8. The Hall–Kier alpha value is -1.66. The first-order valence-electron chi connectivity index (χ1n) is 7.48. The van der Waals surface area contributed by atoms with Gasteiger partial charge in [-0.1, -0.05) is 13.3 Å². The minimum atomic E-state index is -0.465. The SMILES string of the molecule is CCCC(N)C(=O)Nc1ccc(N2CCOCC2)nc1C. The number of aryl methyl sites for hydroxylation is 1. The zero-order valence-electron chi connectivity index (χ0n) is 12.8. The minimum absolute atomic E-state index is 0.152. The van der Waals surface area contributed by atoms with E-state index in [-0.39, 0.29) is 5.91 Å². The molecule has 1 aromatic heterocycles. The maximum Gasteiger partial charge on any atom is 0.241 e. The first-order valence-corrected chi connectivity index (χ1v) is 7.48. The van der Waals surface area contributed by atoms with Crippen LogP contribution in [0.2, 0.25) is 0 Å². The molecule has 3 N–H and O–H groups in total. The molecule has 0 radical (unpaired) electrons. The molecule has 0 spiro atoms. The number of nitrogens with zero attached hydrogens (tertiary/aromatic N) is 2. The molecule has 0 aliphatic carbocycles. The number of nitrogens with one attached hydrogen (secondary N) is 1. The van der Waals surface area contributed by atoms with Crippen molar-refractivity contribution in [3.05, 3.63) is 17.8 Å². The molecule has 2 rings (SSSR count). The summed E-state index contributed by atoms with van der Waals surface area (Å²) >= 11 is 0. The van der Waals surface area contributed by atoms with Gasteiger partial charge in [-0.25, -0.2) is 4.98 Å². The summed E-state index contributed by atoms with van der Waals surface area (Å²) in [6.45, 7) is 7.05. The van der Waals surface area contributed by atoms with Crippen molar-refractivity contribution in [1.29, 1.82) is 0 Å². The third-order valence-electron chi connectivity index (χ3n) is 3.60. The average Bonchev–Trinajstić information content (AvgIpc) is 2.50.